The molecule has 0 unspecified atom stereocenters. The van der Waals surface area contributed by atoms with Crippen LogP contribution in [0.15, 0.2) is 12.1 Å². The molecule has 11 heavy (non-hydrogen) atoms. The number of hydrogen-bond donors (Lipinski definition) is 1. The van der Waals surface area contributed by atoms with Crippen LogP contribution in [-0.4, -0.2) is 13.8 Å². The number of nitrogens with one attached hydrogen (secondary N) is 1. The summed E-state index contributed by atoms with van der Waals surface area (Å²) in [5.74, 6) is 0. The van der Waals surface area contributed by atoms with Crippen LogP contribution < -0.4 is 5.32 Å². The summed E-state index contributed by atoms with van der Waals surface area (Å²) in [5, 5.41) is 3.09. The molecule has 0 amide bonds. The van der Waals surface area contributed by atoms with E-state index in [1.807, 2.05) is 12.1 Å². The topological polar surface area (TPSA) is 21.3 Å². The van der Waals surface area contributed by atoms with Gasteiger partial charge in [-0.2, -0.15) is 0 Å². The van der Waals surface area contributed by atoms with Gasteiger partial charge in [0.05, 0.1) is 11.1 Å². The number of halogens is 1. The monoisotopic (exact) mass is 191 g/mol. The molecular formula is C7H10ClNOS. The fraction of sp³-hybridized carbons (Fsp3) is 0.429. The second-order valence-electron chi connectivity index (χ2n) is 2.07. The van der Waals surface area contributed by atoms with Crippen molar-refractivity contribution >= 4 is 22.9 Å². The second-order valence-corrected chi connectivity index (χ2v) is 3.87. The smallest absolute Gasteiger partial charge is 0.0964 e. The van der Waals surface area contributed by atoms with E-state index in [0.717, 1.165) is 10.9 Å². The molecular weight excluding hydrogens is 182 g/mol. The fourth-order valence-electron chi connectivity index (χ4n) is 0.723. The Labute approximate surface area is 75.1 Å². The van der Waals surface area contributed by atoms with Crippen LogP contribution in [0.5, 0.6) is 0 Å². The first kappa shape index (κ1) is 9.00. The number of methoxy groups -OCH3 is 1. The molecule has 0 atom stereocenters. The van der Waals surface area contributed by atoms with E-state index >= 15 is 0 Å². The van der Waals surface area contributed by atoms with E-state index in [2.05, 4.69) is 5.32 Å². The third kappa shape index (κ3) is 3.20. The van der Waals surface area contributed by atoms with Crippen LogP contribution in [0.2, 0.25) is 4.34 Å². The van der Waals surface area contributed by atoms with Crippen molar-refractivity contribution in [3.05, 3.63) is 21.3 Å². The highest BCUT2D eigenvalue weighted by Gasteiger charge is 1.95. The third-order valence-electron chi connectivity index (χ3n) is 1.17. The molecule has 0 saturated heterocycles. The lowest BCUT2D eigenvalue weighted by Gasteiger charge is -1.98. The quantitative estimate of drug-likeness (QED) is 0.582. The summed E-state index contributed by atoms with van der Waals surface area (Å²) in [5.41, 5.74) is 0. The van der Waals surface area contributed by atoms with Gasteiger partial charge in [-0.25, -0.2) is 0 Å². The lowest BCUT2D eigenvalue weighted by Crippen LogP contribution is -2.14. The van der Waals surface area contributed by atoms with Gasteiger partial charge in [-0.15, -0.1) is 11.3 Å². The Hall–Kier alpha value is -0.0900. The summed E-state index contributed by atoms with van der Waals surface area (Å²) >= 11 is 7.32. The molecule has 0 saturated carbocycles. The van der Waals surface area contributed by atoms with Gasteiger partial charge in [-0.05, 0) is 12.1 Å². The van der Waals surface area contributed by atoms with Gasteiger partial charge < -0.3 is 4.74 Å². The highest BCUT2D eigenvalue weighted by atomic mass is 35.5. The molecule has 0 spiro atoms. The summed E-state index contributed by atoms with van der Waals surface area (Å²) in [4.78, 5) is 1.23. The van der Waals surface area contributed by atoms with E-state index in [1.54, 1.807) is 18.4 Å². The molecule has 1 heterocycles. The van der Waals surface area contributed by atoms with Gasteiger partial charge >= 0.3 is 0 Å². The Morgan fingerprint density at radius 1 is 1.64 bits per heavy atom. The summed E-state index contributed by atoms with van der Waals surface area (Å²) in [6.07, 6.45) is 0. The summed E-state index contributed by atoms with van der Waals surface area (Å²) in [6, 6.07) is 3.91. The maximum Gasteiger partial charge on any atom is 0.0964 e. The highest BCUT2D eigenvalue weighted by molar-refractivity contribution is 7.16. The Morgan fingerprint density at radius 2 is 2.45 bits per heavy atom. The lowest BCUT2D eigenvalue weighted by molar-refractivity contribution is 0.174. The van der Waals surface area contributed by atoms with Crippen LogP contribution in [0.4, 0.5) is 0 Å². The molecule has 0 aromatic carbocycles. The van der Waals surface area contributed by atoms with Crippen molar-refractivity contribution < 1.29 is 4.74 Å². The minimum Gasteiger partial charge on any atom is -0.370 e. The van der Waals surface area contributed by atoms with E-state index in [0.29, 0.717) is 6.73 Å². The highest BCUT2D eigenvalue weighted by Crippen LogP contribution is 2.20. The van der Waals surface area contributed by atoms with Gasteiger partial charge in [0.15, 0.2) is 0 Å². The average molecular weight is 192 g/mol. The minimum atomic E-state index is 0.579. The molecule has 1 N–H and O–H groups in total. The molecule has 0 aliphatic carbocycles. The molecule has 4 heteroatoms. The number of thiophene rings is 1. The zero-order valence-electron chi connectivity index (χ0n) is 6.26. The first-order chi connectivity index (χ1) is 5.33. The van der Waals surface area contributed by atoms with Gasteiger partial charge in [0.2, 0.25) is 0 Å². The predicted octanol–water partition coefficient (Wildman–Crippen LogP) is 2.09. The molecule has 0 aliphatic rings. The van der Waals surface area contributed by atoms with E-state index < -0.39 is 0 Å². The van der Waals surface area contributed by atoms with Crippen LogP contribution in [0.3, 0.4) is 0 Å². The average Bonchev–Trinajstić information content (AvgIpc) is 2.37. The Bertz CT molecular complexity index is 214. The Morgan fingerprint density at radius 3 is 3.00 bits per heavy atom. The van der Waals surface area contributed by atoms with E-state index in [4.69, 9.17) is 16.3 Å². The van der Waals surface area contributed by atoms with Crippen molar-refractivity contribution in [2.24, 2.45) is 0 Å². The third-order valence-corrected chi connectivity index (χ3v) is 2.41. The number of hydrogen-bond acceptors (Lipinski definition) is 3. The molecule has 1 rings (SSSR count). The zero-order valence-corrected chi connectivity index (χ0v) is 7.84. The predicted molar refractivity (Wildman–Crippen MR) is 48.0 cm³/mol. The molecule has 1 aromatic heterocycles. The summed E-state index contributed by atoms with van der Waals surface area (Å²) < 4.78 is 5.66. The van der Waals surface area contributed by atoms with Crippen LogP contribution in [0.25, 0.3) is 0 Å². The van der Waals surface area contributed by atoms with Gasteiger partial charge in [0, 0.05) is 18.5 Å². The molecule has 62 valence electrons. The first-order valence-electron chi connectivity index (χ1n) is 3.27. The minimum absolute atomic E-state index is 0.579. The van der Waals surface area contributed by atoms with Crippen LogP contribution in [0, 0.1) is 0 Å². The normalized spacial score (nSPS) is 10.4. The molecule has 0 bridgehead atoms. The van der Waals surface area contributed by atoms with Gasteiger partial charge in [0.25, 0.3) is 0 Å². The summed E-state index contributed by atoms with van der Waals surface area (Å²) in [7, 11) is 1.66. The number of rotatable bonds is 4. The SMILES string of the molecule is COCNCc1ccc(Cl)s1. The Kier molecular flexibility index (Phi) is 3.86. The molecule has 2 nitrogen and oxygen atoms in total. The second kappa shape index (κ2) is 4.72. The van der Waals surface area contributed by atoms with E-state index in [9.17, 15) is 0 Å². The van der Waals surface area contributed by atoms with Crippen molar-refractivity contribution in [1.82, 2.24) is 5.32 Å². The van der Waals surface area contributed by atoms with Crippen molar-refractivity contribution in [2.75, 3.05) is 13.8 Å². The van der Waals surface area contributed by atoms with Crippen molar-refractivity contribution in [2.45, 2.75) is 6.54 Å². The largest absolute Gasteiger partial charge is 0.370 e. The maximum absolute atomic E-state index is 5.73. The van der Waals surface area contributed by atoms with Crippen LogP contribution in [-0.2, 0) is 11.3 Å². The maximum atomic E-state index is 5.73. The Balaban J connectivity index is 2.27. The standard InChI is InChI=1S/C7H10ClNOS/c1-10-5-9-4-6-2-3-7(8)11-6/h2-3,9H,4-5H2,1H3. The van der Waals surface area contributed by atoms with E-state index in [1.165, 1.54) is 4.88 Å². The zero-order chi connectivity index (χ0) is 8.10. The number of ether oxygens (including phenoxy) is 1. The van der Waals surface area contributed by atoms with Crippen molar-refractivity contribution in [1.29, 1.82) is 0 Å². The summed E-state index contributed by atoms with van der Waals surface area (Å²) in [6.45, 7) is 1.40. The van der Waals surface area contributed by atoms with Gasteiger partial charge in [-0.1, -0.05) is 11.6 Å². The van der Waals surface area contributed by atoms with Gasteiger partial charge in [0.1, 0.15) is 0 Å². The molecule has 0 aliphatic heterocycles. The fourth-order valence-corrected chi connectivity index (χ4v) is 1.78. The van der Waals surface area contributed by atoms with Crippen LogP contribution in [0.1, 0.15) is 4.88 Å². The van der Waals surface area contributed by atoms with Gasteiger partial charge in [-0.3, -0.25) is 5.32 Å². The van der Waals surface area contributed by atoms with Crippen molar-refractivity contribution in [3.63, 3.8) is 0 Å². The lowest BCUT2D eigenvalue weighted by atomic mass is 10.5. The molecule has 0 radical (unpaired) electrons. The molecule has 0 fully saturated rings. The van der Waals surface area contributed by atoms with Crippen LogP contribution >= 0.6 is 22.9 Å². The van der Waals surface area contributed by atoms with Crippen molar-refractivity contribution in [3.8, 4) is 0 Å². The van der Waals surface area contributed by atoms with E-state index in [-0.39, 0.29) is 0 Å². The molecule has 1 aromatic rings. The first-order valence-corrected chi connectivity index (χ1v) is 4.46.